The number of anilines is 1. The fourth-order valence-corrected chi connectivity index (χ4v) is 2.41. The number of hydrogen-bond acceptors (Lipinski definition) is 3. The Balaban J connectivity index is 2.16. The molecule has 0 aliphatic rings. The van der Waals surface area contributed by atoms with E-state index >= 15 is 0 Å². The molecule has 8 heteroatoms. The first-order chi connectivity index (χ1) is 12.1. The Labute approximate surface area is 148 Å². The molecule has 2 rings (SSSR count). The third-order valence-electron chi connectivity index (χ3n) is 3.68. The molecule has 2 aromatic rings. The number of halogens is 3. The number of hydrogen-bond donors (Lipinski definition) is 2. The van der Waals surface area contributed by atoms with E-state index in [0.29, 0.717) is 5.69 Å². The molecule has 1 heterocycles. The molecular formula is C18H18F3N3O2. The van der Waals surface area contributed by atoms with Crippen LogP contribution in [0, 0.1) is 6.92 Å². The molecule has 1 aromatic carbocycles. The predicted molar refractivity (Wildman–Crippen MR) is 90.6 cm³/mol. The third kappa shape index (κ3) is 4.81. The lowest BCUT2D eigenvalue weighted by Crippen LogP contribution is -2.28. The van der Waals surface area contributed by atoms with Gasteiger partial charge in [-0.3, -0.25) is 9.59 Å². The predicted octanol–water partition coefficient (Wildman–Crippen LogP) is 3.86. The molecule has 5 nitrogen and oxygen atoms in total. The fourth-order valence-electron chi connectivity index (χ4n) is 2.41. The molecule has 0 spiro atoms. The Kier molecular flexibility index (Phi) is 5.64. The molecule has 2 N–H and O–H groups in total. The summed E-state index contributed by atoms with van der Waals surface area (Å²) in [6, 6.07) is 8.40. The second kappa shape index (κ2) is 7.55. The van der Waals surface area contributed by atoms with Gasteiger partial charge in [0.25, 0.3) is 5.91 Å². The van der Waals surface area contributed by atoms with E-state index in [-0.39, 0.29) is 17.2 Å². The van der Waals surface area contributed by atoms with Gasteiger partial charge in [-0.15, -0.1) is 0 Å². The van der Waals surface area contributed by atoms with Crippen molar-refractivity contribution in [2.24, 2.45) is 0 Å². The zero-order valence-corrected chi connectivity index (χ0v) is 14.4. The standard InChI is InChI=1S/C18H18F3N3O2/c1-10(13-5-4-6-14(9-13)24-12(3)25)23-17(26)15-7-8-16(18(19,20)21)22-11(15)2/h4-10H,1-3H3,(H,23,26)(H,24,25). The molecule has 0 saturated carbocycles. The van der Waals surface area contributed by atoms with Crippen molar-refractivity contribution in [3.63, 3.8) is 0 Å². The summed E-state index contributed by atoms with van der Waals surface area (Å²) >= 11 is 0. The average Bonchev–Trinajstić information content (AvgIpc) is 2.53. The zero-order valence-electron chi connectivity index (χ0n) is 14.4. The number of aromatic nitrogens is 1. The topological polar surface area (TPSA) is 71.1 Å². The molecule has 0 aliphatic heterocycles. The highest BCUT2D eigenvalue weighted by molar-refractivity contribution is 5.95. The minimum absolute atomic E-state index is 0.00322. The Morgan fingerprint density at radius 2 is 1.85 bits per heavy atom. The van der Waals surface area contributed by atoms with Crippen LogP contribution in [0.1, 0.15) is 47.2 Å². The molecule has 1 atom stereocenters. The zero-order chi connectivity index (χ0) is 19.5. The molecule has 1 unspecified atom stereocenters. The Morgan fingerprint density at radius 3 is 2.42 bits per heavy atom. The molecule has 0 radical (unpaired) electrons. The van der Waals surface area contributed by atoms with Crippen molar-refractivity contribution in [2.45, 2.75) is 33.0 Å². The number of nitrogens with one attached hydrogen (secondary N) is 2. The van der Waals surface area contributed by atoms with Gasteiger partial charge in [-0.05, 0) is 43.7 Å². The van der Waals surface area contributed by atoms with Gasteiger partial charge in [-0.25, -0.2) is 4.98 Å². The number of aryl methyl sites for hydroxylation is 1. The normalized spacial score (nSPS) is 12.4. The number of pyridine rings is 1. The van der Waals surface area contributed by atoms with Crippen LogP contribution in [0.4, 0.5) is 18.9 Å². The van der Waals surface area contributed by atoms with Crippen molar-refractivity contribution in [3.05, 3.63) is 58.9 Å². The summed E-state index contributed by atoms with van der Waals surface area (Å²) in [5, 5.41) is 5.37. The van der Waals surface area contributed by atoms with E-state index in [1.165, 1.54) is 13.8 Å². The summed E-state index contributed by atoms with van der Waals surface area (Å²) in [5.41, 5.74) is 0.354. The van der Waals surface area contributed by atoms with Crippen LogP contribution in [0.2, 0.25) is 0 Å². The molecule has 0 aliphatic carbocycles. The van der Waals surface area contributed by atoms with Crippen LogP contribution >= 0.6 is 0 Å². The molecule has 138 valence electrons. The van der Waals surface area contributed by atoms with Crippen LogP contribution in [0.5, 0.6) is 0 Å². The third-order valence-corrected chi connectivity index (χ3v) is 3.68. The van der Waals surface area contributed by atoms with Gasteiger partial charge in [-0.2, -0.15) is 13.2 Å². The first-order valence-corrected chi connectivity index (χ1v) is 7.81. The largest absolute Gasteiger partial charge is 0.433 e. The number of carbonyl (C=O) groups excluding carboxylic acids is 2. The van der Waals surface area contributed by atoms with Crippen LogP contribution in [0.3, 0.4) is 0 Å². The minimum atomic E-state index is -4.56. The van der Waals surface area contributed by atoms with Gasteiger partial charge in [0.1, 0.15) is 5.69 Å². The quantitative estimate of drug-likeness (QED) is 0.864. The maximum Gasteiger partial charge on any atom is 0.433 e. The maximum absolute atomic E-state index is 12.7. The summed E-state index contributed by atoms with van der Waals surface area (Å²) in [6.45, 7) is 4.47. The molecular weight excluding hydrogens is 347 g/mol. The smallest absolute Gasteiger partial charge is 0.345 e. The average molecular weight is 365 g/mol. The first kappa shape index (κ1) is 19.4. The van der Waals surface area contributed by atoms with Crippen molar-refractivity contribution in [2.75, 3.05) is 5.32 Å². The van der Waals surface area contributed by atoms with Gasteiger partial charge in [-0.1, -0.05) is 12.1 Å². The highest BCUT2D eigenvalue weighted by Crippen LogP contribution is 2.28. The number of rotatable bonds is 4. The molecule has 0 saturated heterocycles. The SMILES string of the molecule is CC(=O)Nc1cccc(C(C)NC(=O)c2ccc(C(F)(F)F)nc2C)c1. The lowest BCUT2D eigenvalue weighted by molar-refractivity contribution is -0.141. The molecule has 26 heavy (non-hydrogen) atoms. The number of alkyl halides is 3. The van der Waals surface area contributed by atoms with E-state index in [1.807, 2.05) is 0 Å². The second-order valence-electron chi connectivity index (χ2n) is 5.83. The summed E-state index contributed by atoms with van der Waals surface area (Å²) in [6.07, 6.45) is -4.56. The number of carbonyl (C=O) groups is 2. The maximum atomic E-state index is 12.7. The monoisotopic (exact) mass is 365 g/mol. The molecule has 0 bridgehead atoms. The van der Waals surface area contributed by atoms with E-state index in [2.05, 4.69) is 15.6 Å². The van der Waals surface area contributed by atoms with Gasteiger partial charge < -0.3 is 10.6 Å². The van der Waals surface area contributed by atoms with Gasteiger partial charge >= 0.3 is 6.18 Å². The van der Waals surface area contributed by atoms with E-state index in [0.717, 1.165) is 17.7 Å². The van der Waals surface area contributed by atoms with Crippen LogP contribution < -0.4 is 10.6 Å². The fraction of sp³-hybridized carbons (Fsp3) is 0.278. The Hall–Kier alpha value is -2.90. The van der Waals surface area contributed by atoms with E-state index in [4.69, 9.17) is 0 Å². The van der Waals surface area contributed by atoms with Crippen molar-refractivity contribution >= 4 is 17.5 Å². The lowest BCUT2D eigenvalue weighted by Gasteiger charge is -2.17. The molecule has 0 fully saturated rings. The summed E-state index contributed by atoms with van der Waals surface area (Å²) < 4.78 is 38.0. The highest BCUT2D eigenvalue weighted by Gasteiger charge is 2.33. The van der Waals surface area contributed by atoms with Crippen LogP contribution in [-0.4, -0.2) is 16.8 Å². The van der Waals surface area contributed by atoms with Crippen molar-refractivity contribution in [1.82, 2.24) is 10.3 Å². The van der Waals surface area contributed by atoms with Crippen LogP contribution in [-0.2, 0) is 11.0 Å². The van der Waals surface area contributed by atoms with E-state index in [9.17, 15) is 22.8 Å². The van der Waals surface area contributed by atoms with Crippen molar-refractivity contribution in [3.8, 4) is 0 Å². The summed E-state index contributed by atoms with van der Waals surface area (Å²) in [5.74, 6) is -0.744. The minimum Gasteiger partial charge on any atom is -0.345 e. The summed E-state index contributed by atoms with van der Waals surface area (Å²) in [7, 11) is 0. The molecule has 1 aromatic heterocycles. The number of benzene rings is 1. The number of nitrogens with zero attached hydrogens (tertiary/aromatic N) is 1. The summed E-state index contributed by atoms with van der Waals surface area (Å²) in [4.78, 5) is 27.0. The van der Waals surface area contributed by atoms with Gasteiger partial charge in [0.15, 0.2) is 0 Å². The highest BCUT2D eigenvalue weighted by atomic mass is 19.4. The van der Waals surface area contributed by atoms with Crippen molar-refractivity contribution < 1.29 is 22.8 Å². The number of amides is 2. The van der Waals surface area contributed by atoms with Gasteiger partial charge in [0, 0.05) is 12.6 Å². The van der Waals surface area contributed by atoms with Crippen molar-refractivity contribution in [1.29, 1.82) is 0 Å². The lowest BCUT2D eigenvalue weighted by atomic mass is 10.1. The van der Waals surface area contributed by atoms with Gasteiger partial charge in [0.05, 0.1) is 17.3 Å². The van der Waals surface area contributed by atoms with Crippen LogP contribution in [0.25, 0.3) is 0 Å². The molecule has 2 amide bonds. The van der Waals surface area contributed by atoms with Gasteiger partial charge in [0.2, 0.25) is 5.91 Å². The second-order valence-corrected chi connectivity index (χ2v) is 5.83. The Morgan fingerprint density at radius 1 is 1.15 bits per heavy atom. The Bertz CT molecular complexity index is 835. The van der Waals surface area contributed by atoms with Crippen LogP contribution in [0.15, 0.2) is 36.4 Å². The van der Waals surface area contributed by atoms with E-state index in [1.54, 1.807) is 31.2 Å². The first-order valence-electron chi connectivity index (χ1n) is 7.81. The van der Waals surface area contributed by atoms with E-state index < -0.39 is 23.8 Å².